The molecule has 0 aliphatic carbocycles. The van der Waals surface area contributed by atoms with Gasteiger partial charge in [0.25, 0.3) is 0 Å². The van der Waals surface area contributed by atoms with Gasteiger partial charge in [-0.2, -0.15) is 0 Å². The highest BCUT2D eigenvalue weighted by Gasteiger charge is 2.14. The lowest BCUT2D eigenvalue weighted by molar-refractivity contribution is -0.117. The molecule has 0 bridgehead atoms. The number of carbonyl (C=O) groups excluding carboxylic acids is 2. The second-order valence-electron chi connectivity index (χ2n) is 2.72. The fourth-order valence-corrected chi connectivity index (χ4v) is 2.47. The number of primary amides is 1. The molecule has 6 heteroatoms. The van der Waals surface area contributed by atoms with Crippen molar-refractivity contribution in [2.75, 3.05) is 5.33 Å². The van der Waals surface area contributed by atoms with Gasteiger partial charge in [0.2, 0.25) is 5.91 Å². The topological polar surface area (TPSA) is 73.0 Å². The number of aryl methyl sites for hydroxylation is 1. The zero-order chi connectivity index (χ0) is 10.7. The Kier molecular flexibility index (Phi) is 3.77. The third kappa shape index (κ3) is 2.62. The van der Waals surface area contributed by atoms with Crippen molar-refractivity contribution >= 4 is 39.0 Å². The van der Waals surface area contributed by atoms with Crippen molar-refractivity contribution in [3.63, 3.8) is 0 Å². The summed E-state index contributed by atoms with van der Waals surface area (Å²) >= 11 is 4.31. The fraction of sp³-hybridized carbons (Fsp3) is 0.375. The zero-order valence-electron chi connectivity index (χ0n) is 7.54. The molecule has 0 aromatic carbocycles. The lowest BCUT2D eigenvalue weighted by atomic mass is 10.3. The van der Waals surface area contributed by atoms with Gasteiger partial charge >= 0.3 is 0 Å². The number of aromatic nitrogens is 1. The predicted molar refractivity (Wildman–Crippen MR) is 57.9 cm³/mol. The standard InChI is InChI=1S/C8H9BrN2O2S/c1-4-8(5(12)3-9)14-7(11-4)2-6(10)13/h2-3H2,1H3,(H2,10,13). The van der Waals surface area contributed by atoms with E-state index in [4.69, 9.17) is 5.73 Å². The Hall–Kier alpha value is -0.750. The van der Waals surface area contributed by atoms with E-state index in [1.165, 1.54) is 11.3 Å². The number of hydrogen-bond donors (Lipinski definition) is 1. The van der Waals surface area contributed by atoms with Crippen LogP contribution in [0.25, 0.3) is 0 Å². The monoisotopic (exact) mass is 276 g/mol. The van der Waals surface area contributed by atoms with Gasteiger partial charge < -0.3 is 5.73 Å². The Morgan fingerprint density at radius 2 is 2.21 bits per heavy atom. The van der Waals surface area contributed by atoms with E-state index < -0.39 is 5.91 Å². The van der Waals surface area contributed by atoms with Crippen LogP contribution in [0.4, 0.5) is 0 Å². The first-order chi connectivity index (χ1) is 6.54. The Morgan fingerprint density at radius 3 is 2.71 bits per heavy atom. The molecule has 1 heterocycles. The molecule has 0 saturated carbocycles. The number of ketones is 1. The minimum atomic E-state index is -0.434. The van der Waals surface area contributed by atoms with E-state index >= 15 is 0 Å². The average Bonchev–Trinajstić information content (AvgIpc) is 2.44. The molecule has 1 aromatic heterocycles. The zero-order valence-corrected chi connectivity index (χ0v) is 9.94. The molecular formula is C8H9BrN2O2S. The molecule has 4 nitrogen and oxygen atoms in total. The third-order valence-electron chi connectivity index (χ3n) is 1.54. The highest BCUT2D eigenvalue weighted by atomic mass is 79.9. The molecule has 0 unspecified atom stereocenters. The van der Waals surface area contributed by atoms with E-state index in [1.54, 1.807) is 6.92 Å². The van der Waals surface area contributed by atoms with Crippen LogP contribution in [-0.4, -0.2) is 22.0 Å². The molecule has 0 fully saturated rings. The van der Waals surface area contributed by atoms with Gasteiger partial charge in [-0.1, -0.05) is 15.9 Å². The molecule has 2 N–H and O–H groups in total. The molecule has 0 radical (unpaired) electrons. The van der Waals surface area contributed by atoms with Gasteiger partial charge in [-0.05, 0) is 6.92 Å². The Morgan fingerprint density at radius 1 is 1.57 bits per heavy atom. The van der Waals surface area contributed by atoms with Crippen LogP contribution in [0.5, 0.6) is 0 Å². The molecular weight excluding hydrogens is 268 g/mol. The number of Topliss-reactive ketones (excluding diaryl/α,β-unsaturated/α-hetero) is 1. The summed E-state index contributed by atoms with van der Waals surface area (Å²) in [5.41, 5.74) is 5.69. The van der Waals surface area contributed by atoms with Crippen LogP contribution in [0.2, 0.25) is 0 Å². The summed E-state index contributed by atoms with van der Waals surface area (Å²) in [6.45, 7) is 1.75. The Labute approximate surface area is 93.6 Å². The number of thiazole rings is 1. The van der Waals surface area contributed by atoms with Crippen LogP contribution >= 0.6 is 27.3 Å². The smallest absolute Gasteiger partial charge is 0.224 e. The van der Waals surface area contributed by atoms with Crippen LogP contribution < -0.4 is 5.73 Å². The molecule has 0 aliphatic rings. The molecule has 0 spiro atoms. The fourth-order valence-electron chi connectivity index (χ4n) is 0.996. The summed E-state index contributed by atoms with van der Waals surface area (Å²) in [6.07, 6.45) is 0.0983. The molecule has 1 amide bonds. The molecule has 14 heavy (non-hydrogen) atoms. The number of amides is 1. The molecule has 1 aromatic rings. The number of halogens is 1. The number of alkyl halides is 1. The molecule has 1 rings (SSSR count). The highest BCUT2D eigenvalue weighted by molar-refractivity contribution is 9.09. The van der Waals surface area contributed by atoms with E-state index in [0.29, 0.717) is 15.6 Å². The maximum atomic E-state index is 11.3. The van der Waals surface area contributed by atoms with Crippen LogP contribution in [0.1, 0.15) is 20.4 Å². The lowest BCUT2D eigenvalue weighted by Gasteiger charge is -1.89. The van der Waals surface area contributed by atoms with Gasteiger partial charge in [-0.25, -0.2) is 4.98 Å². The van der Waals surface area contributed by atoms with Crippen molar-refractivity contribution in [3.05, 3.63) is 15.6 Å². The van der Waals surface area contributed by atoms with Gasteiger partial charge in [-0.15, -0.1) is 11.3 Å². The van der Waals surface area contributed by atoms with Crippen LogP contribution in [0.15, 0.2) is 0 Å². The number of nitrogens with zero attached hydrogens (tertiary/aromatic N) is 1. The number of hydrogen-bond acceptors (Lipinski definition) is 4. The van der Waals surface area contributed by atoms with Gasteiger partial charge in [0.05, 0.1) is 22.3 Å². The predicted octanol–water partition coefficient (Wildman–Crippen LogP) is 1.06. The first-order valence-corrected chi connectivity index (χ1v) is 5.82. The van der Waals surface area contributed by atoms with Crippen LogP contribution in [-0.2, 0) is 11.2 Å². The summed E-state index contributed by atoms with van der Waals surface area (Å²) in [6, 6.07) is 0. The maximum Gasteiger partial charge on any atom is 0.224 e. The molecule has 0 saturated heterocycles. The maximum absolute atomic E-state index is 11.3. The third-order valence-corrected chi connectivity index (χ3v) is 3.25. The normalized spacial score (nSPS) is 10.1. The summed E-state index contributed by atoms with van der Waals surface area (Å²) in [7, 11) is 0. The molecule has 0 aliphatic heterocycles. The molecule has 76 valence electrons. The van der Waals surface area contributed by atoms with Gasteiger partial charge in [0.15, 0.2) is 5.78 Å². The molecule has 0 atom stereocenters. The summed E-state index contributed by atoms with van der Waals surface area (Å²) < 4.78 is 0. The quantitative estimate of drug-likeness (QED) is 0.660. The first kappa shape index (κ1) is 11.3. The van der Waals surface area contributed by atoms with E-state index in [9.17, 15) is 9.59 Å². The van der Waals surface area contributed by atoms with Gasteiger partial charge in [0.1, 0.15) is 5.01 Å². The van der Waals surface area contributed by atoms with E-state index in [-0.39, 0.29) is 17.5 Å². The van der Waals surface area contributed by atoms with Crippen molar-refractivity contribution in [2.24, 2.45) is 5.73 Å². The van der Waals surface area contributed by atoms with Gasteiger partial charge in [-0.3, -0.25) is 9.59 Å². The first-order valence-electron chi connectivity index (χ1n) is 3.88. The Bertz CT molecular complexity index is 375. The second kappa shape index (κ2) is 4.65. The van der Waals surface area contributed by atoms with Crippen molar-refractivity contribution in [3.8, 4) is 0 Å². The van der Waals surface area contributed by atoms with Crippen molar-refractivity contribution in [2.45, 2.75) is 13.3 Å². The number of nitrogens with two attached hydrogens (primary N) is 1. The highest BCUT2D eigenvalue weighted by Crippen LogP contribution is 2.19. The average molecular weight is 277 g/mol. The van der Waals surface area contributed by atoms with E-state index in [1.807, 2.05) is 0 Å². The van der Waals surface area contributed by atoms with Crippen molar-refractivity contribution in [1.29, 1.82) is 0 Å². The van der Waals surface area contributed by atoms with Gasteiger partial charge in [0, 0.05) is 0 Å². The van der Waals surface area contributed by atoms with Crippen molar-refractivity contribution in [1.82, 2.24) is 4.98 Å². The number of rotatable bonds is 4. The van der Waals surface area contributed by atoms with E-state index in [0.717, 1.165) is 0 Å². The SMILES string of the molecule is Cc1nc(CC(N)=O)sc1C(=O)CBr. The summed E-state index contributed by atoms with van der Waals surface area (Å²) in [5, 5.41) is 0.866. The van der Waals surface area contributed by atoms with Crippen molar-refractivity contribution < 1.29 is 9.59 Å². The second-order valence-corrected chi connectivity index (χ2v) is 4.37. The summed E-state index contributed by atoms with van der Waals surface area (Å²) in [5.74, 6) is -0.452. The van der Waals surface area contributed by atoms with E-state index in [2.05, 4.69) is 20.9 Å². The van der Waals surface area contributed by atoms with Crippen LogP contribution in [0.3, 0.4) is 0 Å². The minimum Gasteiger partial charge on any atom is -0.369 e. The lowest BCUT2D eigenvalue weighted by Crippen LogP contribution is -2.13. The summed E-state index contributed by atoms with van der Waals surface area (Å²) in [4.78, 5) is 26.7. The minimum absolute atomic E-state index is 0.0179. The largest absolute Gasteiger partial charge is 0.369 e. The Balaban J connectivity index is 2.93. The van der Waals surface area contributed by atoms with Crippen LogP contribution in [0, 0.1) is 6.92 Å². The number of carbonyl (C=O) groups is 2.